The molecule has 0 aliphatic rings. The van der Waals surface area contributed by atoms with Crippen molar-refractivity contribution in [2.75, 3.05) is 7.11 Å². The van der Waals surface area contributed by atoms with Gasteiger partial charge in [-0.1, -0.05) is 46.4 Å². The first-order valence-electron chi connectivity index (χ1n) is 4.42. The first kappa shape index (κ1) is 18.5. The van der Waals surface area contributed by atoms with Crippen molar-refractivity contribution in [3.8, 4) is 0 Å². The van der Waals surface area contributed by atoms with Crippen molar-refractivity contribution in [3.63, 3.8) is 0 Å². The van der Waals surface area contributed by atoms with Crippen LogP contribution in [0.5, 0.6) is 0 Å². The largest absolute Gasteiger partial charge is 0.530 e. The molecule has 0 fully saturated rings. The zero-order valence-electron chi connectivity index (χ0n) is 9.66. The van der Waals surface area contributed by atoms with Crippen LogP contribution < -0.4 is 0 Å². The molecule has 1 unspecified atom stereocenters. The summed E-state index contributed by atoms with van der Waals surface area (Å²) in [5.74, 6) is -0.701. The minimum absolute atomic E-state index is 0.299. The van der Waals surface area contributed by atoms with Gasteiger partial charge in [0.15, 0.2) is 10.6 Å². The van der Waals surface area contributed by atoms with E-state index in [2.05, 4.69) is 9.05 Å². The van der Waals surface area contributed by atoms with Crippen LogP contribution >= 0.6 is 54.2 Å². The molecule has 10 heteroatoms. The number of phosphoric acid groups is 1. The van der Waals surface area contributed by atoms with Crippen LogP contribution in [0.4, 0.5) is 0 Å². The fourth-order valence-corrected chi connectivity index (χ4v) is 2.62. The van der Waals surface area contributed by atoms with E-state index in [1.807, 2.05) is 0 Å². The molecule has 0 saturated carbocycles. The van der Waals surface area contributed by atoms with Gasteiger partial charge in [0.05, 0.1) is 0 Å². The average molecular weight is 360 g/mol. The van der Waals surface area contributed by atoms with Crippen LogP contribution in [0.3, 0.4) is 0 Å². The van der Waals surface area contributed by atoms with Gasteiger partial charge in [-0.3, -0.25) is 13.8 Å². The predicted octanol–water partition coefficient (Wildman–Crippen LogP) is 4.20. The first-order valence-corrected chi connectivity index (χ1v) is 7.51. The van der Waals surface area contributed by atoms with Crippen molar-refractivity contribution in [1.82, 2.24) is 0 Å². The van der Waals surface area contributed by atoms with Crippen molar-refractivity contribution in [3.05, 3.63) is 10.8 Å². The van der Waals surface area contributed by atoms with Crippen LogP contribution in [0.25, 0.3) is 0 Å². The van der Waals surface area contributed by atoms with E-state index >= 15 is 0 Å². The number of phosphoric ester groups is 1. The summed E-state index contributed by atoms with van der Waals surface area (Å²) in [4.78, 5) is 10.3. The Hall–Kier alpha value is 0.520. The Balaban J connectivity index is 4.96. The SMILES string of the molecule is COP(=O)(OC=C(Cl)Cl)OC(C)(C)C(=O)C(Cl)Cl. The van der Waals surface area contributed by atoms with E-state index in [9.17, 15) is 9.36 Å². The minimum Gasteiger partial charge on any atom is -0.409 e. The predicted molar refractivity (Wildman–Crippen MR) is 71.2 cm³/mol. The Morgan fingerprint density at radius 3 is 2.17 bits per heavy atom. The molecular weight excluding hydrogens is 349 g/mol. The van der Waals surface area contributed by atoms with E-state index in [4.69, 9.17) is 50.9 Å². The Bertz CT molecular complexity index is 378. The first-order chi connectivity index (χ1) is 8.04. The summed E-state index contributed by atoms with van der Waals surface area (Å²) in [6, 6.07) is 0. The normalized spacial score (nSPS) is 15.1. The molecule has 5 nitrogen and oxygen atoms in total. The standard InChI is InChI=1S/C8H11Cl4O5P/c1-8(2,6(13)7(11)12)17-18(14,15-3)16-4-5(9)10/h4,7H,1-3H3. The molecule has 18 heavy (non-hydrogen) atoms. The second-order valence-electron chi connectivity index (χ2n) is 3.41. The highest BCUT2D eigenvalue weighted by Gasteiger charge is 2.42. The smallest absolute Gasteiger partial charge is 0.409 e. The second kappa shape index (κ2) is 7.34. The minimum atomic E-state index is -4.05. The summed E-state index contributed by atoms with van der Waals surface area (Å²) >= 11 is 21.4. The zero-order chi connectivity index (χ0) is 14.6. The number of carbonyl (C=O) groups is 1. The molecule has 0 amide bonds. The lowest BCUT2D eigenvalue weighted by Crippen LogP contribution is -2.38. The Labute approximate surface area is 125 Å². The van der Waals surface area contributed by atoms with Gasteiger partial charge in [0.1, 0.15) is 16.4 Å². The van der Waals surface area contributed by atoms with Crippen molar-refractivity contribution in [1.29, 1.82) is 0 Å². The molecule has 0 radical (unpaired) electrons. The van der Waals surface area contributed by atoms with Gasteiger partial charge in [0, 0.05) is 7.11 Å². The molecule has 106 valence electrons. The molecule has 0 aromatic heterocycles. The van der Waals surface area contributed by atoms with Gasteiger partial charge >= 0.3 is 7.82 Å². The highest BCUT2D eigenvalue weighted by Crippen LogP contribution is 2.53. The molecule has 0 aromatic rings. The van der Waals surface area contributed by atoms with Gasteiger partial charge in [-0.15, -0.1) is 0 Å². The third-order valence-electron chi connectivity index (χ3n) is 1.63. The van der Waals surface area contributed by atoms with Gasteiger partial charge in [-0.2, -0.15) is 0 Å². The van der Waals surface area contributed by atoms with Crippen LogP contribution in [0, 0.1) is 0 Å². The number of Topliss-reactive ketones (excluding diaryl/α,β-unsaturated/α-hetero) is 1. The molecule has 0 aliphatic heterocycles. The monoisotopic (exact) mass is 358 g/mol. The van der Waals surface area contributed by atoms with Gasteiger partial charge in [-0.25, -0.2) is 4.57 Å². The number of ketones is 1. The van der Waals surface area contributed by atoms with E-state index in [0.717, 1.165) is 13.4 Å². The zero-order valence-corrected chi connectivity index (χ0v) is 13.6. The topological polar surface area (TPSA) is 61.8 Å². The van der Waals surface area contributed by atoms with Crippen molar-refractivity contribution in [2.45, 2.75) is 24.3 Å². The summed E-state index contributed by atoms with van der Waals surface area (Å²) in [7, 11) is -2.99. The second-order valence-corrected chi connectivity index (χ2v) is 7.17. The molecule has 0 saturated heterocycles. The van der Waals surface area contributed by atoms with Crippen LogP contribution in [0.2, 0.25) is 0 Å². The fourth-order valence-electron chi connectivity index (χ4n) is 0.793. The van der Waals surface area contributed by atoms with Gasteiger partial charge in [0.2, 0.25) is 0 Å². The molecule has 0 aromatic carbocycles. The lowest BCUT2D eigenvalue weighted by Gasteiger charge is -2.27. The lowest BCUT2D eigenvalue weighted by atomic mass is 10.1. The average Bonchev–Trinajstić information content (AvgIpc) is 2.24. The van der Waals surface area contributed by atoms with Gasteiger partial charge in [0.25, 0.3) is 0 Å². The number of hydrogen-bond donors (Lipinski definition) is 0. The summed E-state index contributed by atoms with van der Waals surface area (Å²) < 4.78 is 25.9. The maximum absolute atomic E-state index is 12.0. The number of rotatable bonds is 7. The molecule has 0 spiro atoms. The Morgan fingerprint density at radius 2 is 1.83 bits per heavy atom. The number of carbonyl (C=O) groups excluding carboxylic acids is 1. The molecule has 0 N–H and O–H groups in total. The van der Waals surface area contributed by atoms with E-state index in [1.54, 1.807) is 0 Å². The molecule has 0 rings (SSSR count). The van der Waals surface area contributed by atoms with E-state index in [-0.39, 0.29) is 4.49 Å². The van der Waals surface area contributed by atoms with Crippen LogP contribution in [0.1, 0.15) is 13.8 Å². The highest BCUT2D eigenvalue weighted by molar-refractivity contribution is 7.48. The van der Waals surface area contributed by atoms with Crippen molar-refractivity contribution >= 4 is 60.0 Å². The maximum atomic E-state index is 12.0. The van der Waals surface area contributed by atoms with E-state index in [1.165, 1.54) is 13.8 Å². The van der Waals surface area contributed by atoms with Crippen molar-refractivity contribution in [2.24, 2.45) is 0 Å². The molecule has 1 atom stereocenters. The molecule has 0 heterocycles. The maximum Gasteiger partial charge on any atom is 0.530 e. The third-order valence-corrected chi connectivity index (χ3v) is 3.69. The highest BCUT2D eigenvalue weighted by atomic mass is 35.5. The summed E-state index contributed by atoms with van der Waals surface area (Å²) in [5.41, 5.74) is -1.58. The molecule has 0 aliphatic carbocycles. The van der Waals surface area contributed by atoms with Gasteiger partial charge < -0.3 is 4.52 Å². The Morgan fingerprint density at radius 1 is 1.33 bits per heavy atom. The van der Waals surface area contributed by atoms with Crippen LogP contribution in [0.15, 0.2) is 10.8 Å². The Kier molecular flexibility index (Phi) is 7.55. The number of hydrogen-bond acceptors (Lipinski definition) is 5. The van der Waals surface area contributed by atoms with Crippen LogP contribution in [-0.4, -0.2) is 23.3 Å². The number of alkyl halides is 2. The third kappa shape index (κ3) is 6.11. The quantitative estimate of drug-likeness (QED) is 0.387. The fraction of sp³-hybridized carbons (Fsp3) is 0.625. The number of halogens is 4. The van der Waals surface area contributed by atoms with Crippen molar-refractivity contribution < 1.29 is 22.9 Å². The van der Waals surface area contributed by atoms with E-state index in [0.29, 0.717) is 0 Å². The molecule has 0 bridgehead atoms. The summed E-state index contributed by atoms with van der Waals surface area (Å²) in [6.07, 6.45) is 0.757. The van der Waals surface area contributed by atoms with Crippen LogP contribution in [-0.2, 0) is 22.9 Å². The van der Waals surface area contributed by atoms with Gasteiger partial charge in [-0.05, 0) is 13.8 Å². The van der Waals surface area contributed by atoms with E-state index < -0.39 is 24.0 Å². The molecular formula is C8H11Cl4O5P. The summed E-state index contributed by atoms with van der Waals surface area (Å²) in [5, 5.41) is 0. The lowest BCUT2D eigenvalue weighted by molar-refractivity contribution is -0.131. The summed E-state index contributed by atoms with van der Waals surface area (Å²) in [6.45, 7) is 2.63.